The second-order valence-corrected chi connectivity index (χ2v) is 14.3. The Bertz CT molecular complexity index is 1270. The van der Waals surface area contributed by atoms with Gasteiger partial charge in [-0.15, -0.1) is 0 Å². The standard InChI is InChI=1S/C26H32FN3O7Si/c1-15-23(38(3,4)27)22(10-11-31)37-26(15)20-13-19(30(35)36)8-9-21(20)29(25(26)34)14-17-6-5-7-18(12-17)28-24(33)16(2)32/h5-9,12-13,15-16,22-23,31-32H,10-11,14H2,1-4H3,(H,28,33)/t15-,16+,22+,23-,26+/m1/s1. The van der Waals surface area contributed by atoms with Crippen LogP contribution in [0.15, 0.2) is 42.5 Å². The van der Waals surface area contributed by atoms with Gasteiger partial charge in [0, 0.05) is 41.4 Å². The molecule has 0 aromatic heterocycles. The van der Waals surface area contributed by atoms with Crippen molar-refractivity contribution >= 4 is 37.3 Å². The number of carbonyl (C=O) groups is 2. The lowest BCUT2D eigenvalue weighted by atomic mass is 9.82. The zero-order chi connectivity index (χ0) is 28.0. The van der Waals surface area contributed by atoms with Gasteiger partial charge in [-0.2, -0.15) is 0 Å². The van der Waals surface area contributed by atoms with Crippen molar-refractivity contribution in [3.63, 3.8) is 0 Å². The van der Waals surface area contributed by atoms with Crippen LogP contribution in [0.3, 0.4) is 0 Å². The molecule has 2 heterocycles. The smallest absolute Gasteiger partial charge is 0.269 e. The SMILES string of the molecule is C[C@H](O)C(=O)Nc1cccc(CN2C(=O)[C@@]3(O[C@@H](CCO)[C@H]([Si](C)(C)F)[C@H]3C)c3cc([N+](=O)[O-])ccc32)c1. The number of aliphatic hydroxyl groups is 2. The molecule has 0 bridgehead atoms. The number of nitro groups is 1. The molecule has 3 N–H and O–H groups in total. The maximum Gasteiger partial charge on any atom is 0.269 e. The lowest BCUT2D eigenvalue weighted by Gasteiger charge is -2.31. The van der Waals surface area contributed by atoms with Gasteiger partial charge in [0.25, 0.3) is 17.5 Å². The molecule has 2 aromatic rings. The number of ether oxygens (including phenoxy) is 1. The number of nitrogens with one attached hydrogen (secondary N) is 1. The number of aliphatic hydroxyl groups excluding tert-OH is 2. The van der Waals surface area contributed by atoms with Gasteiger partial charge in [-0.25, -0.2) is 0 Å². The quantitative estimate of drug-likeness (QED) is 0.199. The Hall–Kier alpha value is -3.19. The van der Waals surface area contributed by atoms with Crippen LogP contribution in [0.1, 0.15) is 31.4 Å². The predicted molar refractivity (Wildman–Crippen MR) is 141 cm³/mol. The molecule has 2 aliphatic heterocycles. The van der Waals surface area contributed by atoms with Crippen LogP contribution in [-0.2, 0) is 26.5 Å². The van der Waals surface area contributed by atoms with E-state index in [0.717, 1.165) is 0 Å². The van der Waals surface area contributed by atoms with E-state index in [9.17, 15) is 29.9 Å². The molecule has 5 atom stereocenters. The van der Waals surface area contributed by atoms with Crippen molar-refractivity contribution in [1.82, 2.24) is 0 Å². The topological polar surface area (TPSA) is 142 Å². The average molecular weight is 546 g/mol. The summed E-state index contributed by atoms with van der Waals surface area (Å²) in [5, 5.41) is 33.4. The van der Waals surface area contributed by atoms with Crippen molar-refractivity contribution in [2.24, 2.45) is 5.92 Å². The summed E-state index contributed by atoms with van der Waals surface area (Å²) in [6.07, 6.45) is -1.79. The molecule has 4 rings (SSSR count). The van der Waals surface area contributed by atoms with Crippen molar-refractivity contribution in [3.8, 4) is 0 Å². The summed E-state index contributed by atoms with van der Waals surface area (Å²) < 4.78 is 22.0. The van der Waals surface area contributed by atoms with E-state index in [-0.39, 0.29) is 25.3 Å². The number of nitro benzene ring substituents is 1. The van der Waals surface area contributed by atoms with Crippen LogP contribution in [0, 0.1) is 16.0 Å². The number of hydrogen-bond donors (Lipinski definition) is 3. The highest BCUT2D eigenvalue weighted by Crippen LogP contribution is 2.60. The number of rotatable bonds is 8. The van der Waals surface area contributed by atoms with E-state index < -0.39 is 54.4 Å². The zero-order valence-corrected chi connectivity index (χ0v) is 22.7. The maximum absolute atomic E-state index is 15.6. The van der Waals surface area contributed by atoms with E-state index in [2.05, 4.69) is 5.32 Å². The van der Waals surface area contributed by atoms with Gasteiger partial charge in [0.2, 0.25) is 8.41 Å². The normalized spacial score (nSPS) is 25.5. The van der Waals surface area contributed by atoms with Crippen molar-refractivity contribution in [1.29, 1.82) is 0 Å². The van der Waals surface area contributed by atoms with Gasteiger partial charge in [0.1, 0.15) is 6.10 Å². The molecular formula is C26H32FN3O7Si. The molecular weight excluding hydrogens is 513 g/mol. The number of non-ortho nitro benzene ring substituents is 1. The summed E-state index contributed by atoms with van der Waals surface area (Å²) in [6, 6.07) is 10.9. The highest BCUT2D eigenvalue weighted by molar-refractivity contribution is 6.72. The number of carbonyl (C=O) groups excluding carboxylic acids is 2. The van der Waals surface area contributed by atoms with Gasteiger partial charge in [-0.05, 0) is 50.2 Å². The van der Waals surface area contributed by atoms with Gasteiger partial charge < -0.3 is 29.3 Å². The molecule has 2 amide bonds. The molecule has 0 radical (unpaired) electrons. The van der Waals surface area contributed by atoms with Crippen molar-refractivity contribution in [2.45, 2.75) is 63.3 Å². The first kappa shape index (κ1) is 27.8. The third kappa shape index (κ3) is 4.73. The number of fused-ring (bicyclic) bond motifs is 2. The van der Waals surface area contributed by atoms with Gasteiger partial charge in [0.05, 0.1) is 23.3 Å². The maximum atomic E-state index is 15.6. The highest BCUT2D eigenvalue weighted by atomic mass is 28.4. The number of anilines is 2. The fraction of sp³-hybridized carbons (Fsp3) is 0.462. The van der Waals surface area contributed by atoms with Gasteiger partial charge in [-0.1, -0.05) is 19.1 Å². The zero-order valence-electron chi connectivity index (χ0n) is 21.7. The third-order valence-electron chi connectivity index (χ3n) is 7.48. The fourth-order valence-electron chi connectivity index (χ4n) is 5.88. The van der Waals surface area contributed by atoms with E-state index in [0.29, 0.717) is 22.5 Å². The van der Waals surface area contributed by atoms with Crippen molar-refractivity contribution in [3.05, 3.63) is 63.7 Å². The van der Waals surface area contributed by atoms with Crippen molar-refractivity contribution in [2.75, 3.05) is 16.8 Å². The van der Waals surface area contributed by atoms with Gasteiger partial charge in [0.15, 0.2) is 5.60 Å². The van der Waals surface area contributed by atoms with Gasteiger partial charge >= 0.3 is 0 Å². The summed E-state index contributed by atoms with van der Waals surface area (Å²) in [7, 11) is -3.40. The molecule has 1 spiro atoms. The van der Waals surface area contributed by atoms with Crippen LogP contribution in [0.4, 0.5) is 21.2 Å². The third-order valence-corrected chi connectivity index (χ3v) is 9.94. The average Bonchev–Trinajstić information content (AvgIpc) is 3.26. The second kappa shape index (κ2) is 10.2. The minimum absolute atomic E-state index is 0.0612. The van der Waals surface area contributed by atoms with Crippen LogP contribution >= 0.6 is 0 Å². The summed E-state index contributed by atoms with van der Waals surface area (Å²) in [6.45, 7) is 5.98. The fourth-order valence-corrected chi connectivity index (χ4v) is 8.42. The number of benzene rings is 2. The molecule has 2 aromatic carbocycles. The minimum Gasteiger partial charge on any atom is -0.396 e. The molecule has 1 saturated heterocycles. The number of halogens is 1. The Labute approximate surface area is 220 Å². The largest absolute Gasteiger partial charge is 0.396 e. The van der Waals surface area contributed by atoms with Crippen LogP contribution in [-0.4, -0.2) is 54.2 Å². The lowest BCUT2D eigenvalue weighted by molar-refractivity contribution is -0.385. The molecule has 204 valence electrons. The van der Waals surface area contributed by atoms with E-state index in [1.54, 1.807) is 44.3 Å². The monoisotopic (exact) mass is 545 g/mol. The van der Waals surface area contributed by atoms with Crippen LogP contribution in [0.2, 0.25) is 18.6 Å². The van der Waals surface area contributed by atoms with Gasteiger partial charge in [-0.3, -0.25) is 19.7 Å². The van der Waals surface area contributed by atoms with E-state index in [4.69, 9.17) is 4.74 Å². The highest BCUT2D eigenvalue weighted by Gasteiger charge is 2.66. The van der Waals surface area contributed by atoms with Crippen LogP contribution < -0.4 is 10.2 Å². The molecule has 0 saturated carbocycles. The molecule has 2 aliphatic rings. The molecule has 1 fully saturated rings. The number of amides is 2. The molecule has 10 nitrogen and oxygen atoms in total. The lowest BCUT2D eigenvalue weighted by Crippen LogP contribution is -2.45. The minimum atomic E-state index is -3.40. The molecule has 38 heavy (non-hydrogen) atoms. The van der Waals surface area contributed by atoms with E-state index >= 15 is 4.11 Å². The Balaban J connectivity index is 1.79. The summed E-state index contributed by atoms with van der Waals surface area (Å²) in [4.78, 5) is 38.7. The second-order valence-electron chi connectivity index (χ2n) is 10.5. The Morgan fingerprint density at radius 2 is 2.03 bits per heavy atom. The van der Waals surface area contributed by atoms with Crippen molar-refractivity contribution < 1.29 is 33.6 Å². The number of nitrogens with zero attached hydrogens (tertiary/aromatic N) is 2. The van der Waals surface area contributed by atoms with E-state index in [1.807, 2.05) is 0 Å². The predicted octanol–water partition coefficient (Wildman–Crippen LogP) is 3.62. The molecule has 0 aliphatic carbocycles. The first-order valence-corrected chi connectivity index (χ1v) is 15.4. The molecule has 12 heteroatoms. The van der Waals surface area contributed by atoms with Crippen LogP contribution in [0.25, 0.3) is 0 Å². The first-order chi connectivity index (χ1) is 17.8. The number of hydrogen-bond acceptors (Lipinski definition) is 7. The first-order valence-electron chi connectivity index (χ1n) is 12.5. The summed E-state index contributed by atoms with van der Waals surface area (Å²) in [5.41, 5.74) is -0.658. The summed E-state index contributed by atoms with van der Waals surface area (Å²) >= 11 is 0. The summed E-state index contributed by atoms with van der Waals surface area (Å²) in [5.74, 6) is -1.67. The Kier molecular flexibility index (Phi) is 7.45. The molecule has 0 unspecified atom stereocenters. The van der Waals surface area contributed by atoms with E-state index in [1.165, 1.54) is 30.0 Å². The Morgan fingerprint density at radius 1 is 1.32 bits per heavy atom. The Morgan fingerprint density at radius 3 is 2.63 bits per heavy atom. The van der Waals surface area contributed by atoms with Crippen LogP contribution in [0.5, 0.6) is 0 Å².